The van der Waals surface area contributed by atoms with Gasteiger partial charge in [0.2, 0.25) is 5.91 Å². The van der Waals surface area contributed by atoms with Gasteiger partial charge in [-0.3, -0.25) is 14.5 Å². The summed E-state index contributed by atoms with van der Waals surface area (Å²) in [4.78, 5) is 26.2. The van der Waals surface area contributed by atoms with Gasteiger partial charge in [0.15, 0.2) is 5.78 Å². The Morgan fingerprint density at radius 3 is 2.35 bits per heavy atom. The van der Waals surface area contributed by atoms with E-state index in [4.69, 9.17) is 5.26 Å². The maximum atomic E-state index is 13.6. The molecule has 3 aromatic carbocycles. The molecule has 0 heterocycles. The van der Waals surface area contributed by atoms with Gasteiger partial charge in [0, 0.05) is 24.3 Å². The number of nitriles is 1. The van der Waals surface area contributed by atoms with Crippen molar-refractivity contribution in [2.45, 2.75) is 20.0 Å². The first-order valence-electron chi connectivity index (χ1n) is 9.79. The molecular weight excluding hydrogens is 393 g/mol. The summed E-state index contributed by atoms with van der Waals surface area (Å²) >= 11 is 0. The number of amides is 1. The molecule has 0 aliphatic rings. The Balaban J connectivity index is 1.74. The molecule has 0 aliphatic heterocycles. The van der Waals surface area contributed by atoms with Gasteiger partial charge in [-0.05, 0) is 54.4 Å². The highest BCUT2D eigenvalue weighted by Crippen LogP contribution is 2.14. The number of hydrogen-bond acceptors (Lipinski definition) is 4. The maximum absolute atomic E-state index is 13.6. The predicted octanol–water partition coefficient (Wildman–Crippen LogP) is 4.54. The lowest BCUT2D eigenvalue weighted by Gasteiger charge is -2.22. The third-order valence-electron chi connectivity index (χ3n) is 4.70. The number of carbonyl (C=O) groups excluding carboxylic acids is 2. The molecule has 0 saturated carbocycles. The highest BCUT2D eigenvalue weighted by Gasteiger charge is 2.14. The molecule has 0 unspecified atom stereocenters. The fourth-order valence-electron chi connectivity index (χ4n) is 3.22. The second-order valence-corrected chi connectivity index (χ2v) is 7.27. The number of hydrogen-bond donors (Lipinski definition) is 1. The van der Waals surface area contributed by atoms with Crippen molar-refractivity contribution in [1.29, 1.82) is 5.26 Å². The van der Waals surface area contributed by atoms with Gasteiger partial charge >= 0.3 is 0 Å². The van der Waals surface area contributed by atoms with E-state index in [0.29, 0.717) is 29.9 Å². The minimum atomic E-state index is -0.332. The highest BCUT2D eigenvalue weighted by atomic mass is 19.1. The lowest BCUT2D eigenvalue weighted by atomic mass is 10.1. The summed E-state index contributed by atoms with van der Waals surface area (Å²) < 4.78 is 13.6. The summed E-state index contributed by atoms with van der Waals surface area (Å²) in [7, 11) is 0. The zero-order valence-electron chi connectivity index (χ0n) is 17.1. The average molecular weight is 415 g/mol. The quantitative estimate of drug-likeness (QED) is 0.548. The molecule has 0 bridgehead atoms. The van der Waals surface area contributed by atoms with E-state index in [1.54, 1.807) is 42.5 Å². The molecule has 3 aromatic rings. The molecule has 3 rings (SSSR count). The Bertz CT molecular complexity index is 1120. The molecule has 0 radical (unpaired) electrons. The Morgan fingerprint density at radius 1 is 0.968 bits per heavy atom. The van der Waals surface area contributed by atoms with Gasteiger partial charge in [-0.2, -0.15) is 5.26 Å². The number of rotatable bonds is 8. The van der Waals surface area contributed by atoms with Crippen molar-refractivity contribution < 1.29 is 14.0 Å². The van der Waals surface area contributed by atoms with E-state index < -0.39 is 0 Å². The van der Waals surface area contributed by atoms with Crippen LogP contribution in [-0.4, -0.2) is 23.1 Å². The summed E-state index contributed by atoms with van der Waals surface area (Å²) in [6, 6.07) is 22.2. The van der Waals surface area contributed by atoms with Gasteiger partial charge in [-0.1, -0.05) is 36.4 Å². The highest BCUT2D eigenvalue weighted by molar-refractivity contribution is 5.97. The summed E-state index contributed by atoms with van der Waals surface area (Å²) in [5.41, 5.74) is 3.30. The zero-order valence-corrected chi connectivity index (χ0v) is 17.1. The Morgan fingerprint density at radius 2 is 1.68 bits per heavy atom. The Kier molecular flexibility index (Phi) is 7.26. The number of benzene rings is 3. The summed E-state index contributed by atoms with van der Waals surface area (Å²) in [5.74, 6) is -0.656. The molecular formula is C25H22FN3O2. The number of nitrogens with one attached hydrogen (secondary N) is 1. The van der Waals surface area contributed by atoms with E-state index in [0.717, 1.165) is 11.1 Å². The molecule has 0 atom stereocenters. The van der Waals surface area contributed by atoms with E-state index in [2.05, 4.69) is 11.4 Å². The van der Waals surface area contributed by atoms with Crippen molar-refractivity contribution in [3.63, 3.8) is 0 Å². The molecule has 5 nitrogen and oxygen atoms in total. The average Bonchev–Trinajstić information content (AvgIpc) is 2.74. The number of carbonyl (C=O) groups is 2. The van der Waals surface area contributed by atoms with Crippen molar-refractivity contribution in [1.82, 2.24) is 4.90 Å². The van der Waals surface area contributed by atoms with Crippen LogP contribution in [0.4, 0.5) is 10.1 Å². The van der Waals surface area contributed by atoms with Crippen LogP contribution in [0.5, 0.6) is 0 Å². The maximum Gasteiger partial charge on any atom is 0.238 e. The largest absolute Gasteiger partial charge is 0.325 e. The van der Waals surface area contributed by atoms with E-state index in [-0.39, 0.29) is 24.1 Å². The lowest BCUT2D eigenvalue weighted by Crippen LogP contribution is -2.32. The van der Waals surface area contributed by atoms with Gasteiger partial charge < -0.3 is 5.32 Å². The van der Waals surface area contributed by atoms with Crippen LogP contribution >= 0.6 is 0 Å². The van der Waals surface area contributed by atoms with Crippen molar-refractivity contribution in [2.24, 2.45) is 0 Å². The third-order valence-corrected chi connectivity index (χ3v) is 4.70. The van der Waals surface area contributed by atoms with Crippen LogP contribution in [0.1, 0.15) is 34.0 Å². The molecule has 1 N–H and O–H groups in total. The van der Waals surface area contributed by atoms with Crippen molar-refractivity contribution >= 4 is 17.4 Å². The Hall–Kier alpha value is -3.82. The van der Waals surface area contributed by atoms with Crippen LogP contribution in [-0.2, 0) is 17.9 Å². The monoisotopic (exact) mass is 415 g/mol. The molecule has 0 aromatic heterocycles. The summed E-state index contributed by atoms with van der Waals surface area (Å²) in [5, 5.41) is 11.8. The second kappa shape index (κ2) is 10.3. The minimum Gasteiger partial charge on any atom is -0.325 e. The van der Waals surface area contributed by atoms with Crippen LogP contribution < -0.4 is 5.32 Å². The van der Waals surface area contributed by atoms with Crippen molar-refractivity contribution in [2.75, 3.05) is 11.9 Å². The number of Topliss-reactive ketones (excluding diaryl/α,β-unsaturated/α-hetero) is 1. The molecule has 0 saturated heterocycles. The molecule has 156 valence electrons. The van der Waals surface area contributed by atoms with Gasteiger partial charge in [-0.25, -0.2) is 4.39 Å². The molecule has 1 amide bonds. The van der Waals surface area contributed by atoms with Crippen LogP contribution in [0.3, 0.4) is 0 Å². The topological polar surface area (TPSA) is 73.2 Å². The first-order valence-corrected chi connectivity index (χ1v) is 9.79. The summed E-state index contributed by atoms with van der Waals surface area (Å²) in [6.07, 6.45) is 0. The van der Waals surface area contributed by atoms with Gasteiger partial charge in [0.05, 0.1) is 18.2 Å². The summed E-state index contributed by atoms with van der Waals surface area (Å²) in [6.45, 7) is 2.36. The fourth-order valence-corrected chi connectivity index (χ4v) is 3.22. The smallest absolute Gasteiger partial charge is 0.238 e. The van der Waals surface area contributed by atoms with Crippen LogP contribution in [0, 0.1) is 17.1 Å². The number of nitrogens with zero attached hydrogens (tertiary/aromatic N) is 2. The first kappa shape index (κ1) is 21.9. The normalized spacial score (nSPS) is 10.5. The van der Waals surface area contributed by atoms with Crippen LogP contribution in [0.15, 0.2) is 72.8 Å². The zero-order chi connectivity index (χ0) is 22.2. The first-order chi connectivity index (χ1) is 14.9. The van der Waals surface area contributed by atoms with Crippen molar-refractivity contribution in [3.05, 3.63) is 101 Å². The molecule has 0 aliphatic carbocycles. The van der Waals surface area contributed by atoms with E-state index >= 15 is 0 Å². The number of ketones is 1. The molecule has 0 fully saturated rings. The lowest BCUT2D eigenvalue weighted by molar-refractivity contribution is -0.117. The molecule has 31 heavy (non-hydrogen) atoms. The van der Waals surface area contributed by atoms with E-state index in [9.17, 15) is 14.0 Å². The van der Waals surface area contributed by atoms with Gasteiger partial charge in [0.25, 0.3) is 0 Å². The van der Waals surface area contributed by atoms with Crippen LogP contribution in [0.2, 0.25) is 0 Å². The van der Waals surface area contributed by atoms with Crippen LogP contribution in [0.25, 0.3) is 0 Å². The fraction of sp³-hybridized carbons (Fsp3) is 0.160. The van der Waals surface area contributed by atoms with Gasteiger partial charge in [-0.15, -0.1) is 0 Å². The standard InChI is InChI=1S/C25H22FN3O2/c1-18(30)22-5-3-7-24(13-22)28-25(31)17-29(16-21-4-2-6-23(26)12-21)15-20-10-8-19(14-27)9-11-20/h2-13H,15-17H2,1H3,(H,28,31). The van der Waals surface area contributed by atoms with E-state index in [1.807, 2.05) is 23.1 Å². The van der Waals surface area contributed by atoms with E-state index in [1.165, 1.54) is 19.1 Å². The second-order valence-electron chi connectivity index (χ2n) is 7.27. The molecule has 0 spiro atoms. The van der Waals surface area contributed by atoms with Crippen molar-refractivity contribution in [3.8, 4) is 6.07 Å². The molecule has 6 heteroatoms. The SMILES string of the molecule is CC(=O)c1cccc(NC(=O)CN(Cc2ccc(C#N)cc2)Cc2cccc(F)c2)c1. The Labute approximate surface area is 180 Å². The number of anilines is 1. The minimum absolute atomic E-state index is 0.0703. The number of halogens is 1. The van der Waals surface area contributed by atoms with Gasteiger partial charge in [0.1, 0.15) is 5.82 Å². The predicted molar refractivity (Wildman–Crippen MR) is 117 cm³/mol. The third kappa shape index (κ3) is 6.59.